The van der Waals surface area contributed by atoms with Gasteiger partial charge in [0, 0.05) is 11.8 Å². The number of pyridine rings is 1. The third-order valence-corrected chi connectivity index (χ3v) is 3.67. The van der Waals surface area contributed by atoms with Crippen molar-refractivity contribution in [2.75, 3.05) is 0 Å². The summed E-state index contributed by atoms with van der Waals surface area (Å²) < 4.78 is 6.02. The van der Waals surface area contributed by atoms with Crippen LogP contribution in [-0.2, 0) is 4.79 Å². The quantitative estimate of drug-likeness (QED) is 0.855. The molecule has 0 atom stereocenters. The minimum Gasteiger partial charge on any atom is -0.488 e. The highest BCUT2D eigenvalue weighted by Crippen LogP contribution is 2.28. The Kier molecular flexibility index (Phi) is 4.77. The summed E-state index contributed by atoms with van der Waals surface area (Å²) in [6, 6.07) is 3.76. The van der Waals surface area contributed by atoms with Gasteiger partial charge in [-0.3, -0.25) is 0 Å². The lowest BCUT2D eigenvalue weighted by Gasteiger charge is -2.27. The molecular weight excluding hydrogens is 254 g/mol. The molecule has 1 N–H and O–H groups in total. The van der Waals surface area contributed by atoms with E-state index in [2.05, 4.69) is 11.9 Å². The molecule has 108 valence electrons. The number of aliphatic carboxylic acids is 1. The van der Waals surface area contributed by atoms with E-state index in [9.17, 15) is 4.79 Å². The highest BCUT2D eigenvalue weighted by molar-refractivity contribution is 5.85. The van der Waals surface area contributed by atoms with Gasteiger partial charge < -0.3 is 9.84 Å². The second-order valence-corrected chi connectivity index (χ2v) is 5.51. The third-order valence-electron chi connectivity index (χ3n) is 3.67. The summed E-state index contributed by atoms with van der Waals surface area (Å²) in [7, 11) is 0. The normalized spacial score (nSPS) is 22.9. The predicted molar refractivity (Wildman–Crippen MR) is 77.7 cm³/mol. The molecule has 1 heterocycles. The van der Waals surface area contributed by atoms with Crippen molar-refractivity contribution in [3.05, 3.63) is 29.6 Å². The van der Waals surface area contributed by atoms with Crippen LogP contribution < -0.4 is 4.74 Å². The number of hydrogen-bond donors (Lipinski definition) is 1. The largest absolute Gasteiger partial charge is 0.488 e. The van der Waals surface area contributed by atoms with Crippen molar-refractivity contribution in [3.63, 3.8) is 0 Å². The lowest BCUT2D eigenvalue weighted by atomic mass is 9.89. The standard InChI is InChI=1S/C16H21NO3/c1-11-3-6-13(7-4-11)20-15-9-5-12(2)17-14(15)8-10-16(18)19/h5,8-11,13H,3-4,6-7H2,1-2H3,(H,18,19). The molecule has 2 rings (SSSR count). The van der Waals surface area contributed by atoms with E-state index in [-0.39, 0.29) is 6.10 Å². The second-order valence-electron chi connectivity index (χ2n) is 5.51. The predicted octanol–water partition coefficient (Wildman–Crippen LogP) is 3.45. The minimum atomic E-state index is -0.981. The summed E-state index contributed by atoms with van der Waals surface area (Å²) in [4.78, 5) is 15.0. The number of aromatic nitrogens is 1. The van der Waals surface area contributed by atoms with Gasteiger partial charge in [0.2, 0.25) is 0 Å². The average Bonchev–Trinajstić information content (AvgIpc) is 2.41. The lowest BCUT2D eigenvalue weighted by molar-refractivity contribution is -0.131. The van der Waals surface area contributed by atoms with Crippen LogP contribution in [0.4, 0.5) is 0 Å². The van der Waals surface area contributed by atoms with Gasteiger partial charge >= 0.3 is 5.97 Å². The highest BCUT2D eigenvalue weighted by atomic mass is 16.5. The zero-order valence-corrected chi connectivity index (χ0v) is 12.0. The lowest BCUT2D eigenvalue weighted by Crippen LogP contribution is -2.23. The molecule has 0 radical (unpaired) electrons. The minimum absolute atomic E-state index is 0.215. The van der Waals surface area contributed by atoms with E-state index in [0.29, 0.717) is 11.4 Å². The number of carboxylic acids is 1. The molecule has 1 fully saturated rings. The van der Waals surface area contributed by atoms with Crippen molar-refractivity contribution in [1.29, 1.82) is 0 Å². The van der Waals surface area contributed by atoms with E-state index < -0.39 is 5.97 Å². The van der Waals surface area contributed by atoms with Crippen LogP contribution in [0.3, 0.4) is 0 Å². The molecule has 0 unspecified atom stereocenters. The van der Waals surface area contributed by atoms with Gasteiger partial charge in [0.25, 0.3) is 0 Å². The number of aryl methyl sites for hydroxylation is 1. The van der Waals surface area contributed by atoms with Crippen molar-refractivity contribution in [2.24, 2.45) is 5.92 Å². The summed E-state index contributed by atoms with van der Waals surface area (Å²) >= 11 is 0. The molecule has 0 aromatic carbocycles. The van der Waals surface area contributed by atoms with Gasteiger partial charge in [0.1, 0.15) is 11.4 Å². The smallest absolute Gasteiger partial charge is 0.328 e. The van der Waals surface area contributed by atoms with Crippen LogP contribution in [0.1, 0.15) is 44.0 Å². The first-order chi connectivity index (χ1) is 9.54. The molecule has 4 nitrogen and oxygen atoms in total. The Balaban J connectivity index is 2.12. The van der Waals surface area contributed by atoms with E-state index in [0.717, 1.165) is 30.5 Å². The topological polar surface area (TPSA) is 59.4 Å². The summed E-state index contributed by atoms with van der Waals surface area (Å²) in [5, 5.41) is 8.73. The van der Waals surface area contributed by atoms with Crippen LogP contribution in [-0.4, -0.2) is 22.2 Å². The molecule has 0 bridgehead atoms. The van der Waals surface area contributed by atoms with Crippen LogP contribution in [0.2, 0.25) is 0 Å². The molecule has 0 saturated heterocycles. The first-order valence-electron chi connectivity index (χ1n) is 7.10. The Hall–Kier alpha value is -1.84. The fraction of sp³-hybridized carbons (Fsp3) is 0.500. The number of carbonyl (C=O) groups is 1. The van der Waals surface area contributed by atoms with Crippen molar-refractivity contribution >= 4 is 12.0 Å². The van der Waals surface area contributed by atoms with Crippen molar-refractivity contribution in [2.45, 2.75) is 45.6 Å². The molecule has 0 spiro atoms. The second kappa shape index (κ2) is 6.55. The van der Waals surface area contributed by atoms with E-state index in [1.54, 1.807) is 0 Å². The maximum atomic E-state index is 10.6. The van der Waals surface area contributed by atoms with Crippen LogP contribution in [0.15, 0.2) is 18.2 Å². The van der Waals surface area contributed by atoms with Crippen molar-refractivity contribution in [3.8, 4) is 5.75 Å². The summed E-state index contributed by atoms with van der Waals surface area (Å²) in [6.07, 6.45) is 7.28. The van der Waals surface area contributed by atoms with Gasteiger partial charge in [-0.1, -0.05) is 6.92 Å². The molecule has 1 aromatic rings. The van der Waals surface area contributed by atoms with Gasteiger partial charge in [-0.2, -0.15) is 0 Å². The SMILES string of the molecule is Cc1ccc(OC2CCC(C)CC2)c(C=CC(=O)O)n1. The number of nitrogens with zero attached hydrogens (tertiary/aromatic N) is 1. The van der Waals surface area contributed by atoms with Gasteiger partial charge in [-0.15, -0.1) is 0 Å². The number of ether oxygens (including phenoxy) is 1. The van der Waals surface area contributed by atoms with Gasteiger partial charge in [-0.05, 0) is 56.7 Å². The molecular formula is C16H21NO3. The van der Waals surface area contributed by atoms with E-state index in [1.165, 1.54) is 18.9 Å². The molecule has 1 aliphatic carbocycles. The Labute approximate surface area is 119 Å². The molecule has 0 aliphatic heterocycles. The number of rotatable bonds is 4. The Bertz CT molecular complexity index is 502. The van der Waals surface area contributed by atoms with Crippen molar-refractivity contribution < 1.29 is 14.6 Å². The zero-order valence-electron chi connectivity index (χ0n) is 12.0. The fourth-order valence-corrected chi connectivity index (χ4v) is 2.46. The number of hydrogen-bond acceptors (Lipinski definition) is 3. The summed E-state index contributed by atoms with van der Waals surface area (Å²) in [5.41, 5.74) is 1.44. The van der Waals surface area contributed by atoms with Crippen LogP contribution in [0.25, 0.3) is 6.08 Å². The maximum absolute atomic E-state index is 10.6. The van der Waals surface area contributed by atoms with Crippen molar-refractivity contribution in [1.82, 2.24) is 4.98 Å². The molecule has 1 aliphatic rings. The molecule has 1 saturated carbocycles. The average molecular weight is 275 g/mol. The summed E-state index contributed by atoms with van der Waals surface area (Å²) in [5.74, 6) is 0.468. The Morgan fingerprint density at radius 2 is 2.05 bits per heavy atom. The van der Waals surface area contributed by atoms with Crippen LogP contribution >= 0.6 is 0 Å². The molecule has 4 heteroatoms. The van der Waals surface area contributed by atoms with Crippen LogP contribution in [0.5, 0.6) is 5.75 Å². The van der Waals surface area contributed by atoms with Gasteiger partial charge in [0.05, 0.1) is 6.10 Å². The van der Waals surface area contributed by atoms with Gasteiger partial charge in [-0.25, -0.2) is 9.78 Å². The third kappa shape index (κ3) is 4.08. The molecule has 0 amide bonds. The Morgan fingerprint density at radius 3 is 2.70 bits per heavy atom. The molecule has 1 aromatic heterocycles. The summed E-state index contributed by atoms with van der Waals surface area (Å²) in [6.45, 7) is 4.15. The first kappa shape index (κ1) is 14.6. The van der Waals surface area contributed by atoms with E-state index >= 15 is 0 Å². The fourth-order valence-electron chi connectivity index (χ4n) is 2.46. The number of carboxylic acid groups (broad SMARTS) is 1. The van der Waals surface area contributed by atoms with E-state index in [4.69, 9.17) is 9.84 Å². The zero-order chi connectivity index (χ0) is 14.5. The highest BCUT2D eigenvalue weighted by Gasteiger charge is 2.20. The molecule has 20 heavy (non-hydrogen) atoms. The van der Waals surface area contributed by atoms with Gasteiger partial charge in [0.15, 0.2) is 0 Å². The monoisotopic (exact) mass is 275 g/mol. The maximum Gasteiger partial charge on any atom is 0.328 e. The van der Waals surface area contributed by atoms with E-state index in [1.807, 2.05) is 19.1 Å². The first-order valence-corrected chi connectivity index (χ1v) is 7.10. The van der Waals surface area contributed by atoms with Crippen LogP contribution in [0, 0.1) is 12.8 Å². The Morgan fingerprint density at radius 1 is 1.35 bits per heavy atom.